The molecule has 1 aromatic carbocycles. The van der Waals surface area contributed by atoms with E-state index in [2.05, 4.69) is 4.98 Å². The van der Waals surface area contributed by atoms with Crippen LogP contribution >= 0.6 is 0 Å². The number of phenolic OH excluding ortho intramolecular Hbond substituents is 1. The number of hydrogen-bond donors (Lipinski definition) is 2. The number of hydrogen-bond acceptors (Lipinski definition) is 4. The van der Waals surface area contributed by atoms with Gasteiger partial charge in [-0.05, 0) is 12.1 Å². The van der Waals surface area contributed by atoms with Crippen molar-refractivity contribution < 1.29 is 18.1 Å². The number of phenols is 1. The second kappa shape index (κ2) is 3.01. The summed E-state index contributed by atoms with van der Waals surface area (Å²) < 4.78 is 29.7. The highest BCUT2D eigenvalue weighted by atomic mass is 32.2. The Balaban J connectivity index is 3.41. The molecule has 0 amide bonds. The van der Waals surface area contributed by atoms with Gasteiger partial charge in [0.1, 0.15) is 4.90 Å². The number of diazo groups is 1. The summed E-state index contributed by atoms with van der Waals surface area (Å²) in [6.07, 6.45) is 0. The fraction of sp³-hybridized carbons (Fsp3) is 0. The number of rotatable bonds is 1. The van der Waals surface area contributed by atoms with Crippen molar-refractivity contribution in [3.8, 4) is 5.75 Å². The number of nitrogens with zero attached hydrogens (tertiary/aromatic N) is 2. The Morgan fingerprint density at radius 1 is 1.38 bits per heavy atom. The molecule has 7 heteroatoms. The minimum absolute atomic E-state index is 0.324. The molecule has 0 unspecified atom stereocenters. The maximum absolute atomic E-state index is 10.6. The quantitative estimate of drug-likeness (QED) is 0.523. The van der Waals surface area contributed by atoms with E-state index in [4.69, 9.17) is 15.1 Å². The van der Waals surface area contributed by atoms with Crippen molar-refractivity contribution in [1.29, 1.82) is 5.39 Å². The van der Waals surface area contributed by atoms with Gasteiger partial charge in [0.05, 0.1) is 6.07 Å². The molecule has 0 aliphatic carbocycles. The number of aromatic hydroxyl groups is 1. The Hall–Kier alpha value is -1.65. The fourth-order valence-electron chi connectivity index (χ4n) is 0.744. The van der Waals surface area contributed by atoms with Gasteiger partial charge in [-0.15, -0.1) is 0 Å². The molecule has 1 aromatic rings. The second-order valence-electron chi connectivity index (χ2n) is 2.23. The molecule has 6 nitrogen and oxygen atoms in total. The highest BCUT2D eigenvalue weighted by molar-refractivity contribution is 7.85. The topological polar surface area (TPSA) is 103 Å². The zero-order valence-electron chi connectivity index (χ0n) is 6.25. The van der Waals surface area contributed by atoms with Crippen LogP contribution in [0.25, 0.3) is 4.98 Å². The largest absolute Gasteiger partial charge is 0.501 e. The van der Waals surface area contributed by atoms with Crippen LogP contribution < -0.4 is 0 Å². The third kappa shape index (κ3) is 1.93. The van der Waals surface area contributed by atoms with Crippen molar-refractivity contribution in [3.05, 3.63) is 23.2 Å². The summed E-state index contributed by atoms with van der Waals surface area (Å²) in [6, 6.07) is 2.82. The molecular formula is C6H5N2O4S+. The minimum Gasteiger partial charge on any atom is -0.501 e. The lowest BCUT2D eigenvalue weighted by Crippen LogP contribution is -1.96. The summed E-state index contributed by atoms with van der Waals surface area (Å²) in [5.41, 5.74) is -0.324. The molecule has 2 N–H and O–H groups in total. The van der Waals surface area contributed by atoms with Gasteiger partial charge in [-0.25, -0.2) is 0 Å². The lowest BCUT2D eigenvalue weighted by atomic mass is 10.3. The van der Waals surface area contributed by atoms with Crippen molar-refractivity contribution in [3.63, 3.8) is 0 Å². The Morgan fingerprint density at radius 3 is 2.46 bits per heavy atom. The molecule has 0 heterocycles. The van der Waals surface area contributed by atoms with Crippen LogP contribution in [0.2, 0.25) is 0 Å². The average molecular weight is 201 g/mol. The molecule has 0 aliphatic rings. The number of benzene rings is 1. The van der Waals surface area contributed by atoms with Crippen LogP contribution in [0.15, 0.2) is 23.1 Å². The maximum atomic E-state index is 10.6. The predicted octanol–water partition coefficient (Wildman–Crippen LogP) is 1.12. The standard InChI is InChI=1S/C6H4N2O4S/c7-8-5-3-4(13(10,11)12)1-2-6(5)9/h1-3H,(H-,9,10,11,12)/p+1. The van der Waals surface area contributed by atoms with Crippen molar-refractivity contribution in [2.45, 2.75) is 4.90 Å². The first-order chi connectivity index (χ1) is 5.95. The molecule has 0 saturated carbocycles. The molecule has 68 valence electrons. The first-order valence-corrected chi connectivity index (χ1v) is 4.55. The molecule has 13 heavy (non-hydrogen) atoms. The van der Waals surface area contributed by atoms with Crippen molar-refractivity contribution in [2.24, 2.45) is 0 Å². The Morgan fingerprint density at radius 2 is 2.00 bits per heavy atom. The summed E-state index contributed by atoms with van der Waals surface area (Å²) in [7, 11) is -4.33. The summed E-state index contributed by atoms with van der Waals surface area (Å²) in [5, 5.41) is 17.3. The van der Waals surface area contributed by atoms with Gasteiger partial charge in [-0.3, -0.25) is 4.55 Å². The monoisotopic (exact) mass is 201 g/mol. The predicted molar refractivity (Wildman–Crippen MR) is 42.7 cm³/mol. The lowest BCUT2D eigenvalue weighted by molar-refractivity contribution is 0.475. The van der Waals surface area contributed by atoms with E-state index < -0.39 is 15.0 Å². The Kier molecular flexibility index (Phi) is 2.18. The van der Waals surface area contributed by atoms with Gasteiger partial charge in [-0.1, -0.05) is 0 Å². The van der Waals surface area contributed by atoms with Gasteiger partial charge in [0.15, 0.2) is 4.98 Å². The Labute approximate surface area is 73.8 Å². The average Bonchev–Trinajstić information content (AvgIpc) is 2.03. The van der Waals surface area contributed by atoms with E-state index in [1.165, 1.54) is 0 Å². The zero-order chi connectivity index (χ0) is 10.1. The molecule has 0 saturated heterocycles. The van der Waals surface area contributed by atoms with Crippen LogP contribution in [0, 0.1) is 5.39 Å². The zero-order valence-corrected chi connectivity index (χ0v) is 7.06. The SMILES string of the molecule is N#[N+]c1cc(S(=O)(=O)O)ccc1O. The van der Waals surface area contributed by atoms with E-state index in [9.17, 15) is 8.42 Å². The summed E-state index contributed by atoms with van der Waals surface area (Å²) in [4.78, 5) is 2.17. The fourth-order valence-corrected chi connectivity index (χ4v) is 1.24. The van der Waals surface area contributed by atoms with Crippen molar-refractivity contribution >= 4 is 15.8 Å². The highest BCUT2D eigenvalue weighted by Gasteiger charge is 2.19. The smallest absolute Gasteiger partial charge is 0.427 e. The summed E-state index contributed by atoms with van der Waals surface area (Å²) in [6.45, 7) is 0. The van der Waals surface area contributed by atoms with Gasteiger partial charge in [0.2, 0.25) is 11.1 Å². The highest BCUT2D eigenvalue weighted by Crippen LogP contribution is 2.28. The van der Waals surface area contributed by atoms with E-state index in [1.807, 2.05) is 0 Å². The van der Waals surface area contributed by atoms with E-state index >= 15 is 0 Å². The van der Waals surface area contributed by atoms with Crippen LogP contribution in [-0.2, 0) is 10.1 Å². The third-order valence-electron chi connectivity index (χ3n) is 1.35. The van der Waals surface area contributed by atoms with Crippen LogP contribution in [0.3, 0.4) is 0 Å². The summed E-state index contributed by atoms with van der Waals surface area (Å²) >= 11 is 0. The Bertz CT molecular complexity index is 474. The maximum Gasteiger partial charge on any atom is 0.427 e. The van der Waals surface area contributed by atoms with Crippen LogP contribution in [0.5, 0.6) is 5.75 Å². The van der Waals surface area contributed by atoms with Gasteiger partial charge in [0, 0.05) is 0 Å². The van der Waals surface area contributed by atoms with E-state index in [0.29, 0.717) is 0 Å². The molecule has 0 atom stereocenters. The van der Waals surface area contributed by atoms with Crippen molar-refractivity contribution in [1.82, 2.24) is 0 Å². The van der Waals surface area contributed by atoms with Gasteiger partial charge in [0.25, 0.3) is 10.1 Å². The molecule has 0 radical (unpaired) electrons. The second-order valence-corrected chi connectivity index (χ2v) is 3.65. The van der Waals surface area contributed by atoms with E-state index in [-0.39, 0.29) is 11.4 Å². The van der Waals surface area contributed by atoms with Gasteiger partial charge >= 0.3 is 5.69 Å². The molecule has 0 fully saturated rings. The molecule has 0 aromatic heterocycles. The summed E-state index contributed by atoms with van der Waals surface area (Å²) in [5.74, 6) is -0.380. The third-order valence-corrected chi connectivity index (χ3v) is 2.20. The first-order valence-electron chi connectivity index (χ1n) is 3.11. The molecule has 1 rings (SSSR count). The van der Waals surface area contributed by atoms with Crippen LogP contribution in [0.4, 0.5) is 5.69 Å². The minimum atomic E-state index is -4.33. The molecular weight excluding hydrogens is 196 g/mol. The lowest BCUT2D eigenvalue weighted by Gasteiger charge is -1.93. The van der Waals surface area contributed by atoms with E-state index in [0.717, 1.165) is 18.2 Å². The normalized spacial score (nSPS) is 10.8. The van der Waals surface area contributed by atoms with Gasteiger partial charge in [-0.2, -0.15) is 8.42 Å². The van der Waals surface area contributed by atoms with Crippen molar-refractivity contribution in [2.75, 3.05) is 0 Å². The van der Waals surface area contributed by atoms with Crippen LogP contribution in [-0.4, -0.2) is 18.1 Å². The molecule has 0 bridgehead atoms. The van der Waals surface area contributed by atoms with E-state index in [1.54, 1.807) is 0 Å². The van der Waals surface area contributed by atoms with Crippen LogP contribution in [0.1, 0.15) is 0 Å². The molecule has 0 spiro atoms. The van der Waals surface area contributed by atoms with Gasteiger partial charge < -0.3 is 5.11 Å². The first kappa shape index (κ1) is 9.44. The molecule has 0 aliphatic heterocycles.